The third kappa shape index (κ3) is 2.34. The Bertz CT molecular complexity index is 214. The van der Waals surface area contributed by atoms with Gasteiger partial charge in [-0.15, -0.1) is 0 Å². The molecule has 0 N–H and O–H groups in total. The van der Waals surface area contributed by atoms with E-state index in [1.54, 1.807) is 0 Å². The second-order valence-electron chi connectivity index (χ2n) is 4.55. The highest BCUT2D eigenvalue weighted by Gasteiger charge is 2.61. The topological polar surface area (TPSA) is 18.5 Å². The van der Waals surface area contributed by atoms with Crippen LogP contribution in [0.25, 0.3) is 0 Å². The molecule has 4 heteroatoms. The van der Waals surface area contributed by atoms with Crippen LogP contribution in [-0.4, -0.2) is 22.7 Å². The molecule has 2 atom stereocenters. The van der Waals surface area contributed by atoms with E-state index in [9.17, 15) is 0 Å². The third-order valence-corrected chi connectivity index (χ3v) is 5.57. The molecular formula is C10H16Br2O2. The van der Waals surface area contributed by atoms with Crippen LogP contribution in [0, 0.1) is 5.41 Å². The van der Waals surface area contributed by atoms with E-state index in [4.69, 9.17) is 9.47 Å². The minimum absolute atomic E-state index is 0.0389. The average molecular weight is 328 g/mol. The molecule has 2 fully saturated rings. The van der Waals surface area contributed by atoms with Crippen LogP contribution in [0.3, 0.4) is 0 Å². The summed E-state index contributed by atoms with van der Waals surface area (Å²) in [6.07, 6.45) is 4.62. The first kappa shape index (κ1) is 11.4. The van der Waals surface area contributed by atoms with Crippen molar-refractivity contribution in [2.24, 2.45) is 5.41 Å². The summed E-state index contributed by atoms with van der Waals surface area (Å²) in [5.41, 5.74) is 0.230. The Morgan fingerprint density at radius 3 is 2.64 bits per heavy atom. The molecule has 2 unspecified atom stereocenters. The maximum atomic E-state index is 5.76. The third-order valence-electron chi connectivity index (χ3n) is 3.10. The molecule has 2 nitrogen and oxygen atoms in total. The molecule has 0 aromatic carbocycles. The normalized spacial score (nSPS) is 40.9. The molecule has 2 rings (SSSR count). The summed E-state index contributed by atoms with van der Waals surface area (Å²) < 4.78 is 11.4. The van der Waals surface area contributed by atoms with Crippen LogP contribution in [0.5, 0.6) is 0 Å². The van der Waals surface area contributed by atoms with Crippen molar-refractivity contribution in [3.05, 3.63) is 0 Å². The van der Waals surface area contributed by atoms with E-state index in [1.165, 1.54) is 12.8 Å². The summed E-state index contributed by atoms with van der Waals surface area (Å²) in [4.78, 5) is 0. The second kappa shape index (κ2) is 4.04. The van der Waals surface area contributed by atoms with Gasteiger partial charge in [-0.1, -0.05) is 38.8 Å². The van der Waals surface area contributed by atoms with Gasteiger partial charge >= 0.3 is 0 Å². The van der Waals surface area contributed by atoms with E-state index in [-0.39, 0.29) is 14.9 Å². The van der Waals surface area contributed by atoms with E-state index in [0.29, 0.717) is 0 Å². The zero-order valence-corrected chi connectivity index (χ0v) is 11.6. The van der Waals surface area contributed by atoms with Crippen molar-refractivity contribution in [2.75, 3.05) is 13.2 Å². The molecular weight excluding hydrogens is 312 g/mol. The number of hydrogen-bond acceptors (Lipinski definition) is 2. The Labute approximate surface area is 102 Å². The minimum atomic E-state index is 0.0389. The Morgan fingerprint density at radius 1 is 1.43 bits per heavy atom. The lowest BCUT2D eigenvalue weighted by atomic mass is 10.1. The molecule has 1 saturated heterocycles. The minimum Gasteiger partial charge on any atom is -0.353 e. The molecule has 2 aliphatic rings. The van der Waals surface area contributed by atoms with Crippen LogP contribution in [0.2, 0.25) is 0 Å². The second-order valence-corrected chi connectivity index (χ2v) is 8.32. The fourth-order valence-electron chi connectivity index (χ4n) is 1.72. The van der Waals surface area contributed by atoms with Crippen molar-refractivity contribution in [1.82, 2.24) is 0 Å². The first-order valence-electron chi connectivity index (χ1n) is 5.15. The van der Waals surface area contributed by atoms with Crippen LogP contribution in [0.4, 0.5) is 0 Å². The van der Waals surface area contributed by atoms with Crippen molar-refractivity contribution in [3.8, 4) is 0 Å². The molecule has 0 spiro atoms. The smallest absolute Gasteiger partial charge is 0.157 e. The monoisotopic (exact) mass is 326 g/mol. The number of rotatable bonds is 3. The number of hydrogen-bond donors (Lipinski definition) is 0. The van der Waals surface area contributed by atoms with Crippen LogP contribution in [0.15, 0.2) is 0 Å². The number of alkyl halides is 2. The Kier molecular flexibility index (Phi) is 3.28. The maximum Gasteiger partial charge on any atom is 0.157 e. The molecule has 0 amide bonds. The van der Waals surface area contributed by atoms with Gasteiger partial charge in [0, 0.05) is 12.0 Å². The quantitative estimate of drug-likeness (QED) is 0.739. The van der Waals surface area contributed by atoms with Gasteiger partial charge in [-0.05, 0) is 25.7 Å². The van der Waals surface area contributed by atoms with Gasteiger partial charge in [-0.2, -0.15) is 0 Å². The first-order valence-corrected chi connectivity index (χ1v) is 6.73. The molecule has 82 valence electrons. The van der Waals surface area contributed by atoms with Crippen LogP contribution in [-0.2, 0) is 9.47 Å². The number of ether oxygens (including phenoxy) is 2. The summed E-state index contributed by atoms with van der Waals surface area (Å²) in [5, 5.41) is 0. The zero-order chi connectivity index (χ0) is 10.2. The van der Waals surface area contributed by atoms with E-state index in [1.807, 2.05) is 0 Å². The average Bonchev–Trinajstić information content (AvgIpc) is 2.65. The van der Waals surface area contributed by atoms with Gasteiger partial charge in [-0.25, -0.2) is 0 Å². The highest BCUT2D eigenvalue weighted by molar-refractivity contribution is 9.25. The lowest BCUT2D eigenvalue weighted by molar-refractivity contribution is -0.170. The Morgan fingerprint density at radius 2 is 2.14 bits per heavy atom. The van der Waals surface area contributed by atoms with Crippen molar-refractivity contribution in [1.29, 1.82) is 0 Å². The van der Waals surface area contributed by atoms with Crippen molar-refractivity contribution >= 4 is 31.9 Å². The van der Waals surface area contributed by atoms with Gasteiger partial charge in [-0.3, -0.25) is 0 Å². The van der Waals surface area contributed by atoms with Gasteiger partial charge < -0.3 is 9.47 Å². The number of halogens is 2. The van der Waals surface area contributed by atoms with Crippen molar-refractivity contribution in [3.63, 3.8) is 0 Å². The van der Waals surface area contributed by atoms with Gasteiger partial charge in [0.25, 0.3) is 0 Å². The highest BCUT2D eigenvalue weighted by atomic mass is 79.9. The van der Waals surface area contributed by atoms with Gasteiger partial charge in [0.15, 0.2) is 6.29 Å². The molecule has 14 heavy (non-hydrogen) atoms. The zero-order valence-electron chi connectivity index (χ0n) is 8.39. The maximum absolute atomic E-state index is 5.76. The molecule has 0 aromatic heterocycles. The lowest BCUT2D eigenvalue weighted by Crippen LogP contribution is -2.26. The molecule has 0 bridgehead atoms. The predicted octanol–water partition coefficient (Wildman–Crippen LogP) is 3.43. The summed E-state index contributed by atoms with van der Waals surface area (Å²) in [6, 6.07) is 0. The summed E-state index contributed by atoms with van der Waals surface area (Å²) in [6.45, 7) is 3.85. The van der Waals surface area contributed by atoms with Crippen LogP contribution in [0.1, 0.15) is 32.6 Å². The van der Waals surface area contributed by atoms with Crippen LogP contribution >= 0.6 is 31.9 Å². The van der Waals surface area contributed by atoms with Gasteiger partial charge in [0.1, 0.15) is 0 Å². The highest BCUT2D eigenvalue weighted by Crippen LogP contribution is 2.66. The molecule has 1 saturated carbocycles. The Hall–Kier alpha value is 0.880. The van der Waals surface area contributed by atoms with E-state index in [0.717, 1.165) is 26.1 Å². The summed E-state index contributed by atoms with van der Waals surface area (Å²) in [5.74, 6) is 0. The summed E-state index contributed by atoms with van der Waals surface area (Å²) >= 11 is 7.26. The molecule has 0 aromatic rings. The standard InChI is InChI=1S/C10H16Br2O2/c1-9(6-10(9,11)12)7-14-8-4-2-3-5-13-8/h8H,2-7H2,1H3. The van der Waals surface area contributed by atoms with E-state index < -0.39 is 0 Å². The SMILES string of the molecule is CC1(COC2CCCCO2)CC1(Br)Br. The molecule has 1 heterocycles. The first-order chi connectivity index (χ1) is 6.54. The van der Waals surface area contributed by atoms with Crippen molar-refractivity contribution < 1.29 is 9.47 Å². The van der Waals surface area contributed by atoms with E-state index >= 15 is 0 Å². The molecule has 1 aliphatic carbocycles. The largest absolute Gasteiger partial charge is 0.353 e. The van der Waals surface area contributed by atoms with Gasteiger partial charge in [0.05, 0.1) is 9.84 Å². The predicted molar refractivity (Wildman–Crippen MR) is 62.9 cm³/mol. The molecule has 1 aliphatic heterocycles. The summed E-state index contributed by atoms with van der Waals surface area (Å²) in [7, 11) is 0. The molecule has 0 radical (unpaired) electrons. The van der Waals surface area contributed by atoms with Gasteiger partial charge in [0.2, 0.25) is 0 Å². The van der Waals surface area contributed by atoms with Crippen LogP contribution < -0.4 is 0 Å². The fraction of sp³-hybridized carbons (Fsp3) is 1.00. The van der Waals surface area contributed by atoms with Crippen molar-refractivity contribution in [2.45, 2.75) is 42.1 Å². The fourth-order valence-corrected chi connectivity index (χ4v) is 3.19. The van der Waals surface area contributed by atoms with E-state index in [2.05, 4.69) is 38.8 Å². The Balaban J connectivity index is 1.72. The lowest BCUT2D eigenvalue weighted by Gasteiger charge is -2.24.